The molecule has 3 rings (SSSR count). The molecule has 0 fully saturated rings. The predicted molar refractivity (Wildman–Crippen MR) is 95.8 cm³/mol. The molecule has 8 heteroatoms. The topological polar surface area (TPSA) is 95.8 Å². The van der Waals surface area contributed by atoms with Gasteiger partial charge in [-0.3, -0.25) is 19.7 Å². The molecule has 0 radical (unpaired) electrons. The number of nitro benzene ring substituents is 1. The quantitative estimate of drug-likeness (QED) is 0.669. The lowest BCUT2D eigenvalue weighted by atomic mass is 10.0. The number of nitrogens with one attached hydrogen (secondary N) is 1. The van der Waals surface area contributed by atoms with Gasteiger partial charge in [-0.2, -0.15) is 0 Å². The third kappa shape index (κ3) is 2.97. The van der Waals surface area contributed by atoms with E-state index in [1.807, 2.05) is 0 Å². The van der Waals surface area contributed by atoms with Crippen LogP contribution in [0.3, 0.4) is 0 Å². The van der Waals surface area contributed by atoms with Crippen molar-refractivity contribution in [3.05, 3.63) is 69.8 Å². The molecule has 8 nitrogen and oxygen atoms in total. The molecule has 2 aromatic rings. The largest absolute Gasteiger partial charge is 0.358 e. The molecule has 1 aliphatic heterocycles. The molecule has 1 N–H and O–H groups in total. The number of likely N-dealkylation sites (N-methyl/N-ethyl adjacent to an activating group) is 1. The maximum absolute atomic E-state index is 12.8. The van der Waals surface area contributed by atoms with Crippen LogP contribution in [0.4, 0.5) is 11.4 Å². The van der Waals surface area contributed by atoms with Gasteiger partial charge in [-0.15, -0.1) is 0 Å². The lowest BCUT2D eigenvalue weighted by Gasteiger charge is -2.43. The van der Waals surface area contributed by atoms with Gasteiger partial charge >= 0.3 is 0 Å². The number of hydrogen-bond acceptors (Lipinski definition) is 5. The number of benzene rings is 2. The summed E-state index contributed by atoms with van der Waals surface area (Å²) in [5.74, 6) is -0.428. The summed E-state index contributed by atoms with van der Waals surface area (Å²) in [4.78, 5) is 38.8. The van der Waals surface area contributed by atoms with E-state index in [2.05, 4.69) is 5.32 Å². The summed E-state index contributed by atoms with van der Waals surface area (Å²) in [6.07, 6.45) is -0.630. The fourth-order valence-electron chi connectivity index (χ4n) is 3.15. The van der Waals surface area contributed by atoms with Gasteiger partial charge in [-0.1, -0.05) is 24.3 Å². The van der Waals surface area contributed by atoms with Gasteiger partial charge in [0.05, 0.1) is 22.7 Å². The van der Waals surface area contributed by atoms with Crippen LogP contribution in [0.1, 0.15) is 22.1 Å². The number of hydrogen-bond donors (Lipinski definition) is 1. The van der Waals surface area contributed by atoms with Crippen LogP contribution in [-0.4, -0.2) is 42.3 Å². The summed E-state index contributed by atoms with van der Waals surface area (Å²) >= 11 is 0. The van der Waals surface area contributed by atoms with Crippen LogP contribution < -0.4 is 10.2 Å². The van der Waals surface area contributed by atoms with Crippen molar-refractivity contribution in [1.82, 2.24) is 10.2 Å². The summed E-state index contributed by atoms with van der Waals surface area (Å²) in [6.45, 7) is 0.0124. The third-order valence-corrected chi connectivity index (χ3v) is 4.40. The van der Waals surface area contributed by atoms with E-state index >= 15 is 0 Å². The Morgan fingerprint density at radius 1 is 1.23 bits per heavy atom. The van der Waals surface area contributed by atoms with Crippen molar-refractivity contribution in [2.75, 3.05) is 25.5 Å². The number of amides is 2. The Hall–Kier alpha value is -3.42. The molecule has 2 amide bonds. The maximum atomic E-state index is 12.8. The van der Waals surface area contributed by atoms with Crippen LogP contribution in [-0.2, 0) is 4.79 Å². The summed E-state index contributed by atoms with van der Waals surface area (Å²) in [5.41, 5.74) is 1.60. The highest BCUT2D eigenvalue weighted by Gasteiger charge is 2.37. The lowest BCUT2D eigenvalue weighted by Crippen LogP contribution is -2.50. The molecular formula is C18H18N4O4. The highest BCUT2D eigenvalue weighted by atomic mass is 16.6. The summed E-state index contributed by atoms with van der Waals surface area (Å²) in [6, 6.07) is 13.1. The van der Waals surface area contributed by atoms with E-state index in [0.717, 1.165) is 0 Å². The van der Waals surface area contributed by atoms with Gasteiger partial charge < -0.3 is 15.1 Å². The number of nitro groups is 1. The molecule has 0 saturated carbocycles. The van der Waals surface area contributed by atoms with Gasteiger partial charge in [0.15, 0.2) is 0 Å². The second kappa shape index (κ2) is 6.83. The molecule has 134 valence electrons. The predicted octanol–water partition coefficient (Wildman–Crippen LogP) is 1.93. The minimum absolute atomic E-state index is 0.0124. The minimum Gasteiger partial charge on any atom is -0.358 e. The van der Waals surface area contributed by atoms with Crippen LogP contribution >= 0.6 is 0 Å². The van der Waals surface area contributed by atoms with Crippen molar-refractivity contribution < 1.29 is 14.5 Å². The van der Waals surface area contributed by atoms with E-state index in [4.69, 9.17) is 0 Å². The van der Waals surface area contributed by atoms with E-state index < -0.39 is 11.1 Å². The Kier molecular flexibility index (Phi) is 4.57. The number of fused-ring (bicyclic) bond motifs is 1. The van der Waals surface area contributed by atoms with E-state index in [-0.39, 0.29) is 24.0 Å². The van der Waals surface area contributed by atoms with Crippen LogP contribution in [0, 0.1) is 10.1 Å². The molecule has 1 atom stereocenters. The molecule has 0 bridgehead atoms. The maximum Gasteiger partial charge on any atom is 0.269 e. The van der Waals surface area contributed by atoms with Crippen LogP contribution in [0.25, 0.3) is 0 Å². The molecule has 1 heterocycles. The fourth-order valence-corrected chi connectivity index (χ4v) is 3.15. The zero-order valence-corrected chi connectivity index (χ0v) is 14.4. The highest BCUT2D eigenvalue weighted by Crippen LogP contribution is 2.38. The van der Waals surface area contributed by atoms with Crippen LogP contribution in [0.5, 0.6) is 0 Å². The van der Waals surface area contributed by atoms with Gasteiger partial charge in [0.2, 0.25) is 5.91 Å². The second-order valence-corrected chi connectivity index (χ2v) is 5.96. The van der Waals surface area contributed by atoms with Gasteiger partial charge in [-0.25, -0.2) is 0 Å². The van der Waals surface area contributed by atoms with Crippen LogP contribution in [0.2, 0.25) is 0 Å². The van der Waals surface area contributed by atoms with Crippen molar-refractivity contribution >= 4 is 23.2 Å². The molecule has 0 aliphatic carbocycles. The van der Waals surface area contributed by atoms with Gasteiger partial charge in [-0.05, 0) is 12.1 Å². The van der Waals surface area contributed by atoms with E-state index in [9.17, 15) is 19.7 Å². The van der Waals surface area contributed by atoms with Crippen molar-refractivity contribution in [2.45, 2.75) is 6.17 Å². The van der Waals surface area contributed by atoms with Crippen molar-refractivity contribution in [3.63, 3.8) is 0 Å². The molecule has 0 saturated heterocycles. The molecular weight excluding hydrogens is 336 g/mol. The monoisotopic (exact) mass is 354 g/mol. The Morgan fingerprint density at radius 3 is 2.65 bits per heavy atom. The number of nitrogens with zero attached hydrogens (tertiary/aromatic N) is 3. The smallest absolute Gasteiger partial charge is 0.269 e. The highest BCUT2D eigenvalue weighted by molar-refractivity contribution is 6.02. The van der Waals surface area contributed by atoms with Crippen molar-refractivity contribution in [3.8, 4) is 0 Å². The van der Waals surface area contributed by atoms with Crippen LogP contribution in [0.15, 0.2) is 48.5 Å². The average Bonchev–Trinajstić information content (AvgIpc) is 2.66. The number of carbonyl (C=O) groups is 2. The molecule has 1 aliphatic rings. The standard InChI is InChI=1S/C18H18N4O4/c1-19-16(23)11-21-15-9-4-3-8-14(15)18(24)20(2)17(21)12-6-5-7-13(10-12)22(25)26/h3-10,17H,11H2,1-2H3,(H,19,23)/t17-/m1/s1. The van der Waals surface area contributed by atoms with Crippen molar-refractivity contribution in [2.24, 2.45) is 0 Å². The molecule has 0 unspecified atom stereocenters. The Labute approximate surface area is 150 Å². The summed E-state index contributed by atoms with van der Waals surface area (Å²) in [5, 5.41) is 13.7. The average molecular weight is 354 g/mol. The number of anilines is 1. The Balaban J connectivity index is 2.14. The SMILES string of the molecule is CNC(=O)CN1c2ccccc2C(=O)N(C)[C@H]1c1cccc([N+](=O)[O-])c1. The van der Waals surface area contributed by atoms with Gasteiger partial charge in [0.1, 0.15) is 6.17 Å². The Bertz CT molecular complexity index is 883. The van der Waals surface area contributed by atoms with Crippen molar-refractivity contribution in [1.29, 1.82) is 0 Å². The first-order valence-electron chi connectivity index (χ1n) is 8.02. The number of non-ortho nitro benzene ring substituents is 1. The molecule has 0 aromatic heterocycles. The minimum atomic E-state index is -0.630. The van der Waals surface area contributed by atoms with Gasteiger partial charge in [0.25, 0.3) is 11.6 Å². The number of rotatable bonds is 4. The third-order valence-electron chi connectivity index (χ3n) is 4.40. The zero-order chi connectivity index (χ0) is 18.8. The van der Waals surface area contributed by atoms with Gasteiger partial charge in [0, 0.05) is 31.8 Å². The summed E-state index contributed by atoms with van der Waals surface area (Å²) < 4.78 is 0. The molecule has 0 spiro atoms. The second-order valence-electron chi connectivity index (χ2n) is 5.96. The first-order valence-corrected chi connectivity index (χ1v) is 8.02. The fraction of sp³-hybridized carbons (Fsp3) is 0.222. The van der Waals surface area contributed by atoms with E-state index in [1.165, 1.54) is 24.1 Å². The Morgan fingerprint density at radius 2 is 1.96 bits per heavy atom. The lowest BCUT2D eigenvalue weighted by molar-refractivity contribution is -0.384. The molecule has 2 aromatic carbocycles. The normalized spacial score (nSPS) is 16.2. The van der Waals surface area contributed by atoms with E-state index in [1.54, 1.807) is 48.3 Å². The zero-order valence-electron chi connectivity index (χ0n) is 14.4. The molecule has 26 heavy (non-hydrogen) atoms. The first-order chi connectivity index (χ1) is 12.4. The number of carbonyl (C=O) groups excluding carboxylic acids is 2. The summed E-state index contributed by atoms with van der Waals surface area (Å²) in [7, 11) is 3.16. The number of para-hydroxylation sites is 1. The van der Waals surface area contributed by atoms with E-state index in [0.29, 0.717) is 16.8 Å². The first kappa shape index (κ1) is 17.4.